The summed E-state index contributed by atoms with van der Waals surface area (Å²) in [5.74, 6) is 0.374. The van der Waals surface area contributed by atoms with Gasteiger partial charge >= 0.3 is 0 Å². The Morgan fingerprint density at radius 1 is 1.35 bits per heavy atom. The van der Waals surface area contributed by atoms with Crippen molar-refractivity contribution < 1.29 is 9.84 Å². The van der Waals surface area contributed by atoms with E-state index >= 15 is 0 Å². The van der Waals surface area contributed by atoms with Crippen LogP contribution in [0.25, 0.3) is 0 Å². The second-order valence-electron chi connectivity index (χ2n) is 5.16. The highest BCUT2D eigenvalue weighted by molar-refractivity contribution is 5.35. The Labute approximate surface area is 103 Å². The standard InChI is InChI=1S/C14H21NO2/c1-11-3-4-13(16)12(9-11)10-15-14(2)5-7-17-8-6-14/h3-4,9,15-16H,5-8,10H2,1-2H3. The van der Waals surface area contributed by atoms with Gasteiger partial charge in [0.15, 0.2) is 0 Å². The molecule has 0 spiro atoms. The molecule has 2 N–H and O–H groups in total. The minimum absolute atomic E-state index is 0.133. The average molecular weight is 235 g/mol. The number of phenols is 1. The van der Waals surface area contributed by atoms with E-state index in [1.165, 1.54) is 5.56 Å². The molecule has 1 aromatic rings. The van der Waals surface area contributed by atoms with Crippen LogP contribution in [0.15, 0.2) is 18.2 Å². The summed E-state index contributed by atoms with van der Waals surface area (Å²) >= 11 is 0. The molecular formula is C14H21NO2. The molecule has 1 aliphatic heterocycles. The van der Waals surface area contributed by atoms with E-state index in [0.717, 1.165) is 31.6 Å². The van der Waals surface area contributed by atoms with Gasteiger partial charge in [-0.2, -0.15) is 0 Å². The van der Waals surface area contributed by atoms with E-state index in [9.17, 15) is 5.11 Å². The first-order chi connectivity index (χ1) is 8.09. The van der Waals surface area contributed by atoms with Gasteiger partial charge in [-0.1, -0.05) is 17.7 Å². The number of ether oxygens (including phenoxy) is 1. The number of benzene rings is 1. The zero-order valence-corrected chi connectivity index (χ0v) is 10.6. The van der Waals surface area contributed by atoms with E-state index in [4.69, 9.17) is 4.74 Å². The maximum absolute atomic E-state index is 9.78. The number of hydrogen-bond donors (Lipinski definition) is 2. The van der Waals surface area contributed by atoms with E-state index in [0.29, 0.717) is 12.3 Å². The Bertz CT molecular complexity index is 384. The molecule has 1 saturated heterocycles. The smallest absolute Gasteiger partial charge is 0.120 e. The largest absolute Gasteiger partial charge is 0.508 e. The van der Waals surface area contributed by atoms with Crippen molar-refractivity contribution in [3.8, 4) is 5.75 Å². The molecule has 0 radical (unpaired) electrons. The van der Waals surface area contributed by atoms with Gasteiger partial charge in [-0.15, -0.1) is 0 Å². The average Bonchev–Trinajstić information content (AvgIpc) is 2.31. The summed E-state index contributed by atoms with van der Waals surface area (Å²) < 4.78 is 5.37. The number of hydrogen-bond acceptors (Lipinski definition) is 3. The third-order valence-electron chi connectivity index (χ3n) is 3.54. The van der Waals surface area contributed by atoms with Crippen molar-refractivity contribution in [2.45, 2.75) is 38.8 Å². The van der Waals surface area contributed by atoms with Gasteiger partial charge < -0.3 is 15.2 Å². The first kappa shape index (κ1) is 12.4. The molecule has 0 amide bonds. The lowest BCUT2D eigenvalue weighted by Crippen LogP contribution is -2.46. The fraction of sp³-hybridized carbons (Fsp3) is 0.571. The maximum Gasteiger partial charge on any atom is 0.120 e. The van der Waals surface area contributed by atoms with Gasteiger partial charge in [0.1, 0.15) is 5.75 Å². The van der Waals surface area contributed by atoms with Crippen LogP contribution in [0.1, 0.15) is 30.9 Å². The molecule has 0 atom stereocenters. The number of nitrogens with one attached hydrogen (secondary N) is 1. The maximum atomic E-state index is 9.78. The van der Waals surface area contributed by atoms with Crippen molar-refractivity contribution in [1.29, 1.82) is 0 Å². The molecule has 0 aromatic heterocycles. The molecular weight excluding hydrogens is 214 g/mol. The molecule has 0 unspecified atom stereocenters. The third-order valence-corrected chi connectivity index (χ3v) is 3.54. The summed E-state index contributed by atoms with van der Waals surface area (Å²) in [6.07, 6.45) is 2.05. The van der Waals surface area contributed by atoms with Gasteiger partial charge in [0.2, 0.25) is 0 Å². The highest BCUT2D eigenvalue weighted by atomic mass is 16.5. The van der Waals surface area contributed by atoms with Gasteiger partial charge in [-0.05, 0) is 32.8 Å². The molecule has 3 heteroatoms. The second-order valence-corrected chi connectivity index (χ2v) is 5.16. The zero-order valence-electron chi connectivity index (χ0n) is 10.6. The first-order valence-corrected chi connectivity index (χ1v) is 6.20. The van der Waals surface area contributed by atoms with Crippen LogP contribution in [0, 0.1) is 6.92 Å². The quantitative estimate of drug-likeness (QED) is 0.845. The second kappa shape index (κ2) is 5.07. The van der Waals surface area contributed by atoms with Crippen LogP contribution in [0.3, 0.4) is 0 Å². The van der Waals surface area contributed by atoms with E-state index in [-0.39, 0.29) is 5.54 Å². The van der Waals surface area contributed by atoms with Crippen molar-refractivity contribution in [1.82, 2.24) is 5.32 Å². The molecule has 1 aromatic carbocycles. The third kappa shape index (κ3) is 3.20. The van der Waals surface area contributed by atoms with E-state index < -0.39 is 0 Å². The summed E-state index contributed by atoms with van der Waals surface area (Å²) in [5, 5.41) is 13.3. The molecule has 17 heavy (non-hydrogen) atoms. The van der Waals surface area contributed by atoms with Crippen LogP contribution in [-0.2, 0) is 11.3 Å². The van der Waals surface area contributed by atoms with Gasteiger partial charge in [-0.3, -0.25) is 0 Å². The lowest BCUT2D eigenvalue weighted by atomic mass is 9.92. The van der Waals surface area contributed by atoms with Gasteiger partial charge in [0.25, 0.3) is 0 Å². The molecule has 1 heterocycles. The predicted molar refractivity (Wildman–Crippen MR) is 68.1 cm³/mol. The number of rotatable bonds is 3. The Morgan fingerprint density at radius 3 is 2.76 bits per heavy atom. The monoisotopic (exact) mass is 235 g/mol. The molecule has 0 aliphatic carbocycles. The van der Waals surface area contributed by atoms with Crippen molar-refractivity contribution >= 4 is 0 Å². The number of aryl methyl sites for hydroxylation is 1. The van der Waals surface area contributed by atoms with Crippen molar-refractivity contribution in [2.75, 3.05) is 13.2 Å². The van der Waals surface area contributed by atoms with Gasteiger partial charge in [0.05, 0.1) is 0 Å². The molecule has 2 rings (SSSR count). The summed E-state index contributed by atoms with van der Waals surface area (Å²) in [6, 6.07) is 5.72. The SMILES string of the molecule is Cc1ccc(O)c(CNC2(C)CCOCC2)c1. The van der Waals surface area contributed by atoms with Crippen LogP contribution >= 0.6 is 0 Å². The fourth-order valence-electron chi connectivity index (χ4n) is 2.16. The van der Waals surface area contributed by atoms with Crippen LogP contribution in [0.4, 0.5) is 0 Å². The Balaban J connectivity index is 1.99. The molecule has 0 saturated carbocycles. The minimum atomic E-state index is 0.133. The highest BCUT2D eigenvalue weighted by Crippen LogP contribution is 2.23. The predicted octanol–water partition coefficient (Wildman–Crippen LogP) is 2.36. The molecule has 1 aliphatic rings. The zero-order chi connectivity index (χ0) is 12.3. The summed E-state index contributed by atoms with van der Waals surface area (Å²) in [4.78, 5) is 0. The minimum Gasteiger partial charge on any atom is -0.508 e. The van der Waals surface area contributed by atoms with Crippen molar-refractivity contribution in [2.24, 2.45) is 0 Å². The summed E-state index contributed by atoms with van der Waals surface area (Å²) in [7, 11) is 0. The van der Waals surface area contributed by atoms with E-state index in [2.05, 4.69) is 12.2 Å². The number of phenolic OH excluding ortho intramolecular Hbond substituents is 1. The van der Waals surface area contributed by atoms with Crippen molar-refractivity contribution in [3.05, 3.63) is 29.3 Å². The highest BCUT2D eigenvalue weighted by Gasteiger charge is 2.26. The Hall–Kier alpha value is -1.06. The van der Waals surface area contributed by atoms with Crippen LogP contribution in [-0.4, -0.2) is 23.9 Å². The van der Waals surface area contributed by atoms with E-state index in [1.807, 2.05) is 19.1 Å². The lowest BCUT2D eigenvalue weighted by molar-refractivity contribution is 0.0445. The summed E-state index contributed by atoms with van der Waals surface area (Å²) in [5.41, 5.74) is 2.28. The van der Waals surface area contributed by atoms with Crippen molar-refractivity contribution in [3.63, 3.8) is 0 Å². The molecule has 0 bridgehead atoms. The normalized spacial score (nSPS) is 19.2. The lowest BCUT2D eigenvalue weighted by Gasteiger charge is -2.34. The fourth-order valence-corrected chi connectivity index (χ4v) is 2.16. The van der Waals surface area contributed by atoms with Crippen LogP contribution in [0.2, 0.25) is 0 Å². The molecule has 1 fully saturated rings. The Kier molecular flexibility index (Phi) is 3.69. The van der Waals surface area contributed by atoms with E-state index in [1.54, 1.807) is 6.07 Å². The van der Waals surface area contributed by atoms with Gasteiger partial charge in [0, 0.05) is 30.9 Å². The Morgan fingerprint density at radius 2 is 2.06 bits per heavy atom. The molecule has 94 valence electrons. The first-order valence-electron chi connectivity index (χ1n) is 6.20. The van der Waals surface area contributed by atoms with Crippen LogP contribution < -0.4 is 5.32 Å². The van der Waals surface area contributed by atoms with Crippen LogP contribution in [0.5, 0.6) is 5.75 Å². The van der Waals surface area contributed by atoms with Gasteiger partial charge in [-0.25, -0.2) is 0 Å². The number of aromatic hydroxyl groups is 1. The molecule has 3 nitrogen and oxygen atoms in total. The topological polar surface area (TPSA) is 41.5 Å². The summed E-state index contributed by atoms with van der Waals surface area (Å²) in [6.45, 7) is 6.62.